The Hall–Kier alpha value is 0.200. The normalized spacial score (nSPS) is 9.40. The summed E-state index contributed by atoms with van der Waals surface area (Å²) in [7, 11) is 0. The first-order valence-corrected chi connectivity index (χ1v) is 5.05. The maximum Gasteiger partial charge on any atom is 0.306 e. The molecule has 0 unspecified atom stereocenters. The molecular formula is C7H13IO2. The minimum Gasteiger partial charge on any atom is -0.466 e. The van der Waals surface area contributed by atoms with Crippen LogP contribution in [0.15, 0.2) is 0 Å². The van der Waals surface area contributed by atoms with Gasteiger partial charge in [0.05, 0.1) is 13.0 Å². The van der Waals surface area contributed by atoms with Gasteiger partial charge >= 0.3 is 5.97 Å². The molecule has 10 heavy (non-hydrogen) atoms. The van der Waals surface area contributed by atoms with Crippen molar-refractivity contribution >= 4 is 28.6 Å². The summed E-state index contributed by atoms with van der Waals surface area (Å²) in [6.07, 6.45) is 2.61. The Morgan fingerprint density at radius 1 is 1.60 bits per heavy atom. The van der Waals surface area contributed by atoms with Crippen LogP contribution in [-0.4, -0.2) is 17.0 Å². The van der Waals surface area contributed by atoms with E-state index in [-0.39, 0.29) is 5.97 Å². The monoisotopic (exact) mass is 256 g/mol. The predicted octanol–water partition coefficient (Wildman–Crippen LogP) is 2.15. The Bertz CT molecular complexity index is 93.6. The summed E-state index contributed by atoms with van der Waals surface area (Å²) in [5.41, 5.74) is 0. The lowest BCUT2D eigenvalue weighted by molar-refractivity contribution is -0.143. The number of unbranched alkanes of at least 4 members (excludes halogenated alkanes) is 1. The maximum atomic E-state index is 10.7. The van der Waals surface area contributed by atoms with E-state index in [1.165, 1.54) is 0 Å². The average molecular weight is 256 g/mol. The van der Waals surface area contributed by atoms with Gasteiger partial charge in [0.25, 0.3) is 0 Å². The molecule has 3 heteroatoms. The molecule has 0 aromatic rings. The quantitative estimate of drug-likeness (QED) is 0.326. The van der Waals surface area contributed by atoms with Crippen molar-refractivity contribution in [2.45, 2.75) is 26.2 Å². The number of carbonyl (C=O) groups excluding carboxylic acids is 1. The molecule has 0 radical (unpaired) electrons. The highest BCUT2D eigenvalue weighted by molar-refractivity contribution is 14.1. The van der Waals surface area contributed by atoms with Crippen LogP contribution in [0.25, 0.3) is 0 Å². The number of rotatable bonds is 5. The largest absolute Gasteiger partial charge is 0.466 e. The van der Waals surface area contributed by atoms with Gasteiger partial charge in [-0.1, -0.05) is 35.9 Å². The van der Waals surface area contributed by atoms with Crippen LogP contribution in [0.2, 0.25) is 0 Å². The zero-order valence-electron chi connectivity index (χ0n) is 6.23. The number of alkyl halides is 1. The molecule has 0 bridgehead atoms. The second kappa shape index (κ2) is 7.31. The first kappa shape index (κ1) is 10.2. The van der Waals surface area contributed by atoms with E-state index in [4.69, 9.17) is 4.74 Å². The second-order valence-electron chi connectivity index (χ2n) is 2.01. The van der Waals surface area contributed by atoms with Gasteiger partial charge in [-0.15, -0.1) is 0 Å². The Kier molecular flexibility index (Phi) is 7.45. The van der Waals surface area contributed by atoms with Crippen LogP contribution >= 0.6 is 22.6 Å². The lowest BCUT2D eigenvalue weighted by atomic mass is 10.4. The highest BCUT2D eigenvalue weighted by Crippen LogP contribution is 1.94. The zero-order chi connectivity index (χ0) is 7.82. The van der Waals surface area contributed by atoms with E-state index in [9.17, 15) is 4.79 Å². The van der Waals surface area contributed by atoms with Crippen molar-refractivity contribution in [2.75, 3.05) is 11.0 Å². The van der Waals surface area contributed by atoms with Gasteiger partial charge in [0.15, 0.2) is 0 Å². The smallest absolute Gasteiger partial charge is 0.306 e. The molecule has 0 N–H and O–H groups in total. The lowest BCUT2D eigenvalue weighted by Crippen LogP contribution is -2.05. The highest BCUT2D eigenvalue weighted by Gasteiger charge is 1.98. The van der Waals surface area contributed by atoms with E-state index in [0.29, 0.717) is 13.0 Å². The number of carbonyl (C=O) groups is 1. The third-order valence-electron chi connectivity index (χ3n) is 1.06. The van der Waals surface area contributed by atoms with Crippen LogP contribution < -0.4 is 0 Å². The van der Waals surface area contributed by atoms with Crippen molar-refractivity contribution in [3.63, 3.8) is 0 Å². The first-order chi connectivity index (χ1) is 4.81. The first-order valence-electron chi connectivity index (χ1n) is 3.52. The Balaban J connectivity index is 3.05. The molecule has 0 aliphatic rings. The number of hydrogen-bond acceptors (Lipinski definition) is 2. The minimum absolute atomic E-state index is 0.0668. The van der Waals surface area contributed by atoms with Crippen molar-refractivity contribution in [1.82, 2.24) is 0 Å². The van der Waals surface area contributed by atoms with E-state index < -0.39 is 0 Å². The molecule has 0 spiro atoms. The summed E-state index contributed by atoms with van der Waals surface area (Å²) in [5, 5.41) is 0. The molecule has 0 amide bonds. The van der Waals surface area contributed by atoms with Gasteiger partial charge in [0.1, 0.15) is 0 Å². The molecule has 0 fully saturated rings. The summed E-state index contributed by atoms with van der Waals surface area (Å²) in [6, 6.07) is 0. The van der Waals surface area contributed by atoms with Crippen molar-refractivity contribution in [2.24, 2.45) is 0 Å². The van der Waals surface area contributed by atoms with E-state index in [1.54, 1.807) is 0 Å². The van der Waals surface area contributed by atoms with Crippen molar-refractivity contribution in [1.29, 1.82) is 0 Å². The number of hydrogen-bond donors (Lipinski definition) is 0. The van der Waals surface area contributed by atoms with Crippen LogP contribution in [0.3, 0.4) is 0 Å². The minimum atomic E-state index is -0.0668. The Labute approximate surface area is 75.5 Å². The summed E-state index contributed by atoms with van der Waals surface area (Å²) < 4.78 is 5.73. The van der Waals surface area contributed by atoms with Crippen LogP contribution in [0.4, 0.5) is 0 Å². The molecule has 0 heterocycles. The molecule has 2 nitrogen and oxygen atoms in total. The van der Waals surface area contributed by atoms with Crippen LogP contribution in [-0.2, 0) is 9.53 Å². The molecule has 0 saturated carbocycles. The fourth-order valence-corrected chi connectivity index (χ4v) is 0.920. The molecule has 0 aliphatic heterocycles. The summed E-state index contributed by atoms with van der Waals surface area (Å²) in [6.45, 7) is 2.66. The van der Waals surface area contributed by atoms with Crippen LogP contribution in [0.1, 0.15) is 26.2 Å². The predicted molar refractivity (Wildman–Crippen MR) is 49.4 cm³/mol. The highest BCUT2D eigenvalue weighted by atomic mass is 127. The standard InChI is InChI=1S/C7H13IO2/c1-2-3-6-10-7(9)4-5-8/h2-6H2,1H3. The third kappa shape index (κ3) is 6.32. The van der Waals surface area contributed by atoms with Crippen LogP contribution in [0.5, 0.6) is 0 Å². The molecule has 0 saturated heterocycles. The number of ether oxygens (including phenoxy) is 1. The Morgan fingerprint density at radius 3 is 2.80 bits per heavy atom. The molecule has 0 aliphatic carbocycles. The topological polar surface area (TPSA) is 26.3 Å². The van der Waals surface area contributed by atoms with Gasteiger partial charge in [-0.3, -0.25) is 4.79 Å². The molecule has 0 rings (SSSR count). The van der Waals surface area contributed by atoms with Gasteiger partial charge in [-0.25, -0.2) is 0 Å². The van der Waals surface area contributed by atoms with E-state index in [2.05, 4.69) is 29.5 Å². The van der Waals surface area contributed by atoms with E-state index >= 15 is 0 Å². The van der Waals surface area contributed by atoms with Crippen molar-refractivity contribution < 1.29 is 9.53 Å². The van der Waals surface area contributed by atoms with Crippen LogP contribution in [0, 0.1) is 0 Å². The van der Waals surface area contributed by atoms with Gasteiger partial charge < -0.3 is 4.74 Å². The van der Waals surface area contributed by atoms with E-state index in [0.717, 1.165) is 17.3 Å². The summed E-state index contributed by atoms with van der Waals surface area (Å²) in [5.74, 6) is -0.0668. The summed E-state index contributed by atoms with van der Waals surface area (Å²) in [4.78, 5) is 10.7. The fourth-order valence-electron chi connectivity index (χ4n) is 0.480. The third-order valence-corrected chi connectivity index (χ3v) is 1.60. The van der Waals surface area contributed by atoms with Gasteiger partial charge in [0, 0.05) is 4.43 Å². The van der Waals surface area contributed by atoms with Crippen molar-refractivity contribution in [3.05, 3.63) is 0 Å². The number of halogens is 1. The molecular weight excluding hydrogens is 243 g/mol. The average Bonchev–Trinajstić information content (AvgIpc) is 1.89. The molecule has 0 atom stereocenters. The zero-order valence-corrected chi connectivity index (χ0v) is 8.39. The summed E-state index contributed by atoms with van der Waals surface area (Å²) >= 11 is 2.16. The molecule has 0 aromatic heterocycles. The van der Waals surface area contributed by atoms with Gasteiger partial charge in [-0.2, -0.15) is 0 Å². The van der Waals surface area contributed by atoms with E-state index in [1.807, 2.05) is 0 Å². The maximum absolute atomic E-state index is 10.7. The Morgan fingerprint density at radius 2 is 2.30 bits per heavy atom. The fraction of sp³-hybridized carbons (Fsp3) is 0.857. The van der Waals surface area contributed by atoms with Crippen molar-refractivity contribution in [3.8, 4) is 0 Å². The molecule has 60 valence electrons. The SMILES string of the molecule is CCCCOC(=O)CCI. The second-order valence-corrected chi connectivity index (χ2v) is 3.09. The molecule has 0 aromatic carbocycles. The lowest BCUT2D eigenvalue weighted by Gasteiger charge is -2.00. The van der Waals surface area contributed by atoms with Gasteiger partial charge in [-0.05, 0) is 6.42 Å². The number of esters is 1. The van der Waals surface area contributed by atoms with Gasteiger partial charge in [0.2, 0.25) is 0 Å².